The molecule has 2 aliphatic rings. The van der Waals surface area contributed by atoms with E-state index in [1.54, 1.807) is 9.80 Å². The lowest BCUT2D eigenvalue weighted by Crippen LogP contribution is -2.45. The van der Waals surface area contributed by atoms with Crippen LogP contribution in [0.3, 0.4) is 0 Å². The molecule has 5 nitrogen and oxygen atoms in total. The largest absolute Gasteiger partial charge is 0.481 e. The number of urea groups is 1. The molecule has 1 aliphatic carbocycles. The monoisotopic (exact) mass is 254 g/mol. The Bertz CT molecular complexity index is 354. The number of carbonyl (C=O) groups excluding carboxylic acids is 1. The van der Waals surface area contributed by atoms with Crippen molar-refractivity contribution in [1.29, 1.82) is 0 Å². The van der Waals surface area contributed by atoms with Crippen LogP contribution >= 0.6 is 0 Å². The summed E-state index contributed by atoms with van der Waals surface area (Å²) in [6.45, 7) is 4.87. The maximum absolute atomic E-state index is 12.3. The number of amides is 2. The van der Waals surface area contributed by atoms with Gasteiger partial charge in [0.15, 0.2) is 0 Å². The standard InChI is InChI=1S/C13H22N2O3/c1-8-6-15(7-11(8)12(16)17)13(18)14(3)9(2)10-4-5-10/h8-11H,4-7H2,1-3H3,(H,16,17). The molecule has 1 saturated carbocycles. The Morgan fingerprint density at radius 1 is 1.33 bits per heavy atom. The van der Waals surface area contributed by atoms with Gasteiger partial charge in [-0.3, -0.25) is 4.79 Å². The van der Waals surface area contributed by atoms with Crippen LogP contribution in [0.25, 0.3) is 0 Å². The molecule has 1 aliphatic heterocycles. The Labute approximate surface area is 108 Å². The summed E-state index contributed by atoms with van der Waals surface area (Å²) in [6.07, 6.45) is 2.40. The molecule has 0 aromatic carbocycles. The maximum atomic E-state index is 12.3. The molecule has 0 aromatic heterocycles. The Balaban J connectivity index is 1.95. The summed E-state index contributed by atoms with van der Waals surface area (Å²) in [5.74, 6) is -0.542. The van der Waals surface area contributed by atoms with E-state index in [4.69, 9.17) is 5.11 Å². The fraction of sp³-hybridized carbons (Fsp3) is 0.846. The quantitative estimate of drug-likeness (QED) is 0.830. The van der Waals surface area contributed by atoms with Gasteiger partial charge >= 0.3 is 12.0 Å². The van der Waals surface area contributed by atoms with E-state index in [0.29, 0.717) is 19.0 Å². The summed E-state index contributed by atoms with van der Waals surface area (Å²) in [4.78, 5) is 26.8. The van der Waals surface area contributed by atoms with Gasteiger partial charge in [0, 0.05) is 26.2 Å². The number of nitrogens with zero attached hydrogens (tertiary/aromatic N) is 2. The molecule has 1 saturated heterocycles. The van der Waals surface area contributed by atoms with Gasteiger partial charge in [-0.1, -0.05) is 6.92 Å². The molecule has 1 N–H and O–H groups in total. The molecule has 0 spiro atoms. The third-order valence-electron chi connectivity index (χ3n) is 4.42. The van der Waals surface area contributed by atoms with E-state index in [-0.39, 0.29) is 18.0 Å². The highest BCUT2D eigenvalue weighted by atomic mass is 16.4. The Kier molecular flexibility index (Phi) is 3.50. The molecule has 1 heterocycles. The first kappa shape index (κ1) is 13.2. The molecule has 5 heteroatoms. The summed E-state index contributed by atoms with van der Waals surface area (Å²) in [6, 6.07) is 0.238. The molecule has 0 aromatic rings. The number of hydrogen-bond acceptors (Lipinski definition) is 2. The number of carboxylic acid groups (broad SMARTS) is 1. The summed E-state index contributed by atoms with van der Waals surface area (Å²) in [7, 11) is 1.82. The number of carboxylic acids is 1. The van der Waals surface area contributed by atoms with Crippen LogP contribution in [-0.2, 0) is 4.79 Å². The Hall–Kier alpha value is -1.26. The van der Waals surface area contributed by atoms with E-state index in [1.165, 1.54) is 12.8 Å². The van der Waals surface area contributed by atoms with Crippen molar-refractivity contribution < 1.29 is 14.7 Å². The van der Waals surface area contributed by atoms with Crippen molar-refractivity contribution in [3.63, 3.8) is 0 Å². The zero-order valence-corrected chi connectivity index (χ0v) is 11.3. The normalized spacial score (nSPS) is 29.2. The Morgan fingerprint density at radius 3 is 2.39 bits per heavy atom. The highest BCUT2D eigenvalue weighted by Crippen LogP contribution is 2.35. The molecule has 0 radical (unpaired) electrons. The lowest BCUT2D eigenvalue weighted by molar-refractivity contribution is -0.142. The van der Waals surface area contributed by atoms with Gasteiger partial charge in [-0.25, -0.2) is 4.79 Å². The van der Waals surface area contributed by atoms with Crippen molar-refractivity contribution in [2.24, 2.45) is 17.8 Å². The van der Waals surface area contributed by atoms with Crippen molar-refractivity contribution in [3.8, 4) is 0 Å². The molecule has 102 valence electrons. The van der Waals surface area contributed by atoms with Crippen LogP contribution < -0.4 is 0 Å². The van der Waals surface area contributed by atoms with Gasteiger partial charge in [0.25, 0.3) is 0 Å². The van der Waals surface area contributed by atoms with Crippen molar-refractivity contribution in [3.05, 3.63) is 0 Å². The average molecular weight is 254 g/mol. The molecule has 3 atom stereocenters. The van der Waals surface area contributed by atoms with Crippen LogP contribution in [0, 0.1) is 17.8 Å². The summed E-state index contributed by atoms with van der Waals surface area (Å²) in [5.41, 5.74) is 0. The van der Waals surface area contributed by atoms with Crippen molar-refractivity contribution >= 4 is 12.0 Å². The zero-order valence-electron chi connectivity index (χ0n) is 11.3. The first-order valence-electron chi connectivity index (χ1n) is 6.66. The van der Waals surface area contributed by atoms with Gasteiger partial charge < -0.3 is 14.9 Å². The van der Waals surface area contributed by atoms with Gasteiger partial charge in [0.1, 0.15) is 0 Å². The van der Waals surface area contributed by atoms with E-state index in [1.807, 2.05) is 14.0 Å². The molecular formula is C13H22N2O3. The fourth-order valence-corrected chi connectivity index (χ4v) is 2.74. The SMILES string of the molecule is CC1CN(C(=O)N(C)C(C)C2CC2)CC1C(=O)O. The predicted octanol–water partition coefficient (Wildman–Crippen LogP) is 1.49. The number of likely N-dealkylation sites (tertiary alicyclic amines) is 1. The minimum atomic E-state index is -0.796. The van der Waals surface area contributed by atoms with Crippen LogP contribution in [-0.4, -0.2) is 53.1 Å². The van der Waals surface area contributed by atoms with Gasteiger partial charge in [-0.15, -0.1) is 0 Å². The lowest BCUT2D eigenvalue weighted by atomic mass is 9.99. The molecular weight excluding hydrogens is 232 g/mol. The van der Waals surface area contributed by atoms with Crippen molar-refractivity contribution in [2.75, 3.05) is 20.1 Å². The van der Waals surface area contributed by atoms with Crippen LogP contribution in [0.1, 0.15) is 26.7 Å². The number of rotatable bonds is 3. The second kappa shape index (κ2) is 4.78. The second-order valence-electron chi connectivity index (χ2n) is 5.80. The molecule has 3 unspecified atom stereocenters. The first-order chi connectivity index (χ1) is 8.41. The highest BCUT2D eigenvalue weighted by Gasteiger charge is 2.40. The fourth-order valence-electron chi connectivity index (χ4n) is 2.74. The third-order valence-corrected chi connectivity index (χ3v) is 4.42. The molecule has 0 bridgehead atoms. The molecule has 2 amide bonds. The van der Waals surface area contributed by atoms with Crippen LogP contribution in [0.2, 0.25) is 0 Å². The number of aliphatic carboxylic acids is 1. The third kappa shape index (κ3) is 2.44. The molecule has 2 rings (SSSR count). The topological polar surface area (TPSA) is 60.9 Å². The summed E-state index contributed by atoms with van der Waals surface area (Å²) in [5, 5.41) is 9.08. The van der Waals surface area contributed by atoms with Gasteiger partial charge in [-0.2, -0.15) is 0 Å². The highest BCUT2D eigenvalue weighted by molar-refractivity contribution is 5.77. The summed E-state index contributed by atoms with van der Waals surface area (Å²) >= 11 is 0. The van der Waals surface area contributed by atoms with Crippen LogP contribution in [0.15, 0.2) is 0 Å². The second-order valence-corrected chi connectivity index (χ2v) is 5.80. The van der Waals surface area contributed by atoms with E-state index in [2.05, 4.69) is 6.92 Å². The maximum Gasteiger partial charge on any atom is 0.320 e. The number of hydrogen-bond donors (Lipinski definition) is 1. The van der Waals surface area contributed by atoms with E-state index in [9.17, 15) is 9.59 Å². The van der Waals surface area contributed by atoms with Gasteiger partial charge in [0.05, 0.1) is 5.92 Å². The Morgan fingerprint density at radius 2 is 1.94 bits per heavy atom. The van der Waals surface area contributed by atoms with Crippen molar-refractivity contribution in [1.82, 2.24) is 9.80 Å². The van der Waals surface area contributed by atoms with Crippen LogP contribution in [0.5, 0.6) is 0 Å². The van der Waals surface area contributed by atoms with E-state index >= 15 is 0 Å². The van der Waals surface area contributed by atoms with E-state index in [0.717, 1.165) is 0 Å². The van der Waals surface area contributed by atoms with E-state index < -0.39 is 11.9 Å². The predicted molar refractivity (Wildman–Crippen MR) is 67.2 cm³/mol. The lowest BCUT2D eigenvalue weighted by Gasteiger charge is -2.29. The van der Waals surface area contributed by atoms with Gasteiger partial charge in [0.2, 0.25) is 0 Å². The average Bonchev–Trinajstić information content (AvgIpc) is 3.09. The molecule has 18 heavy (non-hydrogen) atoms. The minimum Gasteiger partial charge on any atom is -0.481 e. The minimum absolute atomic E-state index is 0.0231. The van der Waals surface area contributed by atoms with Crippen LogP contribution in [0.4, 0.5) is 4.79 Å². The molecule has 2 fully saturated rings. The smallest absolute Gasteiger partial charge is 0.320 e. The van der Waals surface area contributed by atoms with Gasteiger partial charge in [-0.05, 0) is 31.6 Å². The van der Waals surface area contributed by atoms with Crippen molar-refractivity contribution in [2.45, 2.75) is 32.7 Å². The number of carbonyl (C=O) groups is 2. The zero-order chi connectivity index (χ0) is 13.4. The summed E-state index contributed by atoms with van der Waals surface area (Å²) < 4.78 is 0. The first-order valence-corrected chi connectivity index (χ1v) is 6.66.